The maximum absolute atomic E-state index is 13.4. The van der Waals surface area contributed by atoms with Gasteiger partial charge in [-0.1, -0.05) is 0 Å². The summed E-state index contributed by atoms with van der Waals surface area (Å²) in [6.07, 6.45) is -3.65. The highest BCUT2D eigenvalue weighted by molar-refractivity contribution is 5.94. The third-order valence-electron chi connectivity index (χ3n) is 4.96. The lowest BCUT2D eigenvalue weighted by Crippen LogP contribution is -2.39. The minimum atomic E-state index is -5.08. The molecule has 0 aliphatic carbocycles. The lowest BCUT2D eigenvalue weighted by atomic mass is 9.96. The van der Waals surface area contributed by atoms with Crippen LogP contribution in [0.25, 0.3) is 0 Å². The van der Waals surface area contributed by atoms with Crippen molar-refractivity contribution in [1.29, 1.82) is 0 Å². The van der Waals surface area contributed by atoms with Gasteiger partial charge in [0.15, 0.2) is 0 Å². The average Bonchev–Trinajstić information content (AvgIpc) is 3.27. The number of carboxylic acids is 2. The van der Waals surface area contributed by atoms with Crippen LogP contribution in [0.3, 0.4) is 0 Å². The van der Waals surface area contributed by atoms with Crippen LogP contribution in [-0.4, -0.2) is 78.2 Å². The molecule has 0 radical (unpaired) electrons. The van der Waals surface area contributed by atoms with E-state index < -0.39 is 30.2 Å². The van der Waals surface area contributed by atoms with Crippen molar-refractivity contribution in [3.8, 4) is 5.75 Å². The number of hydrogen-bond donors (Lipinski definition) is 2. The maximum Gasteiger partial charge on any atom is 0.490 e. The number of halogens is 7. The summed E-state index contributed by atoms with van der Waals surface area (Å²) in [6, 6.07) is 6.31. The summed E-state index contributed by atoms with van der Waals surface area (Å²) in [5.74, 6) is -5.85. The van der Waals surface area contributed by atoms with E-state index in [-0.39, 0.29) is 17.4 Å². The van der Waals surface area contributed by atoms with Crippen molar-refractivity contribution in [3.63, 3.8) is 0 Å². The lowest BCUT2D eigenvalue weighted by molar-refractivity contribution is -0.193. The first-order valence-corrected chi connectivity index (χ1v) is 11.0. The number of rotatable bonds is 4. The van der Waals surface area contributed by atoms with E-state index in [0.717, 1.165) is 17.3 Å². The molecule has 0 saturated carbocycles. The van der Waals surface area contributed by atoms with Crippen LogP contribution >= 0.6 is 0 Å². The van der Waals surface area contributed by atoms with Crippen molar-refractivity contribution in [3.05, 3.63) is 71.8 Å². The Labute approximate surface area is 225 Å². The molecule has 18 heteroatoms. The Kier molecular flexibility index (Phi) is 10.7. The van der Waals surface area contributed by atoms with Crippen LogP contribution in [0, 0.1) is 5.95 Å². The minimum Gasteiger partial charge on any atom is -0.491 e. The second kappa shape index (κ2) is 13.5. The summed E-state index contributed by atoms with van der Waals surface area (Å²) < 4.78 is 84.5. The highest BCUT2D eigenvalue weighted by Crippen LogP contribution is 2.29. The van der Waals surface area contributed by atoms with E-state index in [9.17, 15) is 35.5 Å². The molecule has 1 unspecified atom stereocenters. The molecule has 0 saturated heterocycles. The third kappa shape index (κ3) is 10.0. The molecule has 3 aromatic heterocycles. The van der Waals surface area contributed by atoms with Crippen LogP contribution in [0.15, 0.2) is 49.1 Å². The van der Waals surface area contributed by atoms with E-state index >= 15 is 0 Å². The normalized spacial score (nSPS) is 14.4. The summed E-state index contributed by atoms with van der Waals surface area (Å²) >= 11 is 0. The second-order valence-electron chi connectivity index (χ2n) is 8.07. The Morgan fingerprint density at radius 1 is 1.05 bits per heavy atom. The smallest absolute Gasteiger partial charge is 0.490 e. The number of pyridine rings is 2. The van der Waals surface area contributed by atoms with Gasteiger partial charge in [-0.2, -0.15) is 35.8 Å². The molecule has 0 spiro atoms. The first-order chi connectivity index (χ1) is 19.0. The van der Waals surface area contributed by atoms with Gasteiger partial charge in [-0.15, -0.1) is 0 Å². The van der Waals surface area contributed by atoms with Gasteiger partial charge in [-0.3, -0.25) is 14.5 Å². The minimum absolute atomic E-state index is 0.0919. The van der Waals surface area contributed by atoms with Gasteiger partial charge < -0.3 is 19.8 Å². The Hall–Kier alpha value is -4.77. The highest BCUT2D eigenvalue weighted by atomic mass is 19.4. The number of aliphatic carboxylic acids is 2. The number of aromatic nitrogens is 4. The summed E-state index contributed by atoms with van der Waals surface area (Å²) in [6.45, 7) is 1.23. The molecule has 1 atom stereocenters. The number of nitrogens with zero attached hydrogens (tertiary/aromatic N) is 5. The van der Waals surface area contributed by atoms with E-state index in [1.54, 1.807) is 28.0 Å². The van der Waals surface area contributed by atoms with Crippen molar-refractivity contribution in [2.75, 3.05) is 13.2 Å². The Morgan fingerprint density at radius 2 is 1.66 bits per heavy atom. The van der Waals surface area contributed by atoms with Gasteiger partial charge in [0.2, 0.25) is 5.95 Å². The fourth-order valence-electron chi connectivity index (χ4n) is 3.28. The summed E-state index contributed by atoms with van der Waals surface area (Å²) in [4.78, 5) is 39.9. The van der Waals surface area contributed by atoms with Crippen LogP contribution < -0.4 is 4.74 Å². The fourth-order valence-corrected chi connectivity index (χ4v) is 3.28. The van der Waals surface area contributed by atoms with Gasteiger partial charge in [0.25, 0.3) is 5.91 Å². The SMILES string of the molecule is Cn1cc2c(n1)C(COc1cccnc1)CN(C(=O)c1ccnc(F)c1)C2.O=C(O)C(F)(F)F.O=C(O)C(F)(F)F. The van der Waals surface area contributed by atoms with Crippen molar-refractivity contribution >= 4 is 17.8 Å². The van der Waals surface area contributed by atoms with Gasteiger partial charge in [-0.25, -0.2) is 14.6 Å². The van der Waals surface area contributed by atoms with E-state index in [4.69, 9.17) is 24.5 Å². The topological polar surface area (TPSA) is 148 Å². The van der Waals surface area contributed by atoms with E-state index in [2.05, 4.69) is 15.1 Å². The molecule has 4 rings (SSSR count). The largest absolute Gasteiger partial charge is 0.491 e. The van der Waals surface area contributed by atoms with Gasteiger partial charge in [0.05, 0.1) is 24.4 Å². The van der Waals surface area contributed by atoms with E-state index in [0.29, 0.717) is 25.4 Å². The number of amides is 1. The first kappa shape index (κ1) is 32.4. The number of carbonyl (C=O) groups is 3. The zero-order valence-electron chi connectivity index (χ0n) is 20.7. The molecule has 1 amide bonds. The summed E-state index contributed by atoms with van der Waals surface area (Å²) in [7, 11) is 1.85. The maximum atomic E-state index is 13.4. The number of carbonyl (C=O) groups excluding carboxylic acids is 1. The standard InChI is InChI=1S/C19H18FN5O2.2C2HF3O2/c1-24-9-14-10-25(19(26)13-4-6-22-17(20)7-13)11-15(18(14)23-24)12-27-16-3-2-5-21-8-16;2*3-2(4,5)1(6)7/h2-9,15H,10-12H2,1H3;2*(H,6,7). The van der Waals surface area contributed by atoms with Crippen LogP contribution in [0.5, 0.6) is 5.75 Å². The third-order valence-corrected chi connectivity index (χ3v) is 4.96. The molecule has 1 aliphatic rings. The molecule has 0 aromatic carbocycles. The van der Waals surface area contributed by atoms with Crippen molar-refractivity contribution < 1.29 is 60.1 Å². The van der Waals surface area contributed by atoms with Crippen molar-refractivity contribution in [2.45, 2.75) is 24.8 Å². The molecule has 2 N–H and O–H groups in total. The van der Waals surface area contributed by atoms with Gasteiger partial charge >= 0.3 is 24.3 Å². The molecular weight excluding hydrogens is 575 g/mol. The highest BCUT2D eigenvalue weighted by Gasteiger charge is 2.39. The van der Waals surface area contributed by atoms with Gasteiger partial charge in [-0.05, 0) is 18.2 Å². The van der Waals surface area contributed by atoms with Gasteiger partial charge in [0, 0.05) is 55.9 Å². The molecular formula is C23H20F7N5O6. The van der Waals surface area contributed by atoms with Crippen LogP contribution in [0.4, 0.5) is 30.7 Å². The number of hydrogen-bond acceptors (Lipinski definition) is 7. The van der Waals surface area contributed by atoms with E-state index in [1.165, 1.54) is 12.3 Å². The Bertz CT molecular complexity index is 1320. The fraction of sp³-hybridized carbons (Fsp3) is 0.304. The first-order valence-electron chi connectivity index (χ1n) is 11.0. The Morgan fingerprint density at radius 3 is 2.17 bits per heavy atom. The Balaban J connectivity index is 0.000000349. The second-order valence-corrected chi connectivity index (χ2v) is 8.07. The zero-order valence-corrected chi connectivity index (χ0v) is 20.7. The molecule has 222 valence electrons. The quantitative estimate of drug-likeness (QED) is 0.342. The van der Waals surface area contributed by atoms with Crippen molar-refractivity contribution in [2.24, 2.45) is 7.05 Å². The summed E-state index contributed by atoms with van der Waals surface area (Å²) in [5, 5.41) is 18.8. The number of fused-ring (bicyclic) bond motifs is 1. The van der Waals surface area contributed by atoms with Crippen LogP contribution in [0.2, 0.25) is 0 Å². The average molecular weight is 595 g/mol. The predicted octanol–water partition coefficient (Wildman–Crippen LogP) is 3.43. The number of ether oxygens (including phenoxy) is 1. The predicted molar refractivity (Wildman–Crippen MR) is 122 cm³/mol. The molecule has 4 heterocycles. The van der Waals surface area contributed by atoms with Crippen LogP contribution in [0.1, 0.15) is 27.5 Å². The lowest BCUT2D eigenvalue weighted by Gasteiger charge is -2.32. The zero-order chi connectivity index (χ0) is 31.0. The molecule has 3 aromatic rings. The van der Waals surface area contributed by atoms with Crippen LogP contribution in [-0.2, 0) is 23.2 Å². The number of alkyl halides is 6. The molecule has 0 bridgehead atoms. The van der Waals surface area contributed by atoms with Gasteiger partial charge in [0.1, 0.15) is 5.75 Å². The monoisotopic (exact) mass is 595 g/mol. The molecule has 41 heavy (non-hydrogen) atoms. The molecule has 0 fully saturated rings. The number of carboxylic acid groups (broad SMARTS) is 2. The van der Waals surface area contributed by atoms with E-state index in [1.807, 2.05) is 19.3 Å². The number of aryl methyl sites for hydroxylation is 1. The summed E-state index contributed by atoms with van der Waals surface area (Å²) in [5.41, 5.74) is 2.17. The van der Waals surface area contributed by atoms with Crippen molar-refractivity contribution in [1.82, 2.24) is 24.6 Å². The molecule has 11 nitrogen and oxygen atoms in total. The molecule has 1 aliphatic heterocycles.